The van der Waals surface area contributed by atoms with Gasteiger partial charge in [-0.15, -0.1) is 0 Å². The third-order valence-electron chi connectivity index (χ3n) is 3.44. The standard InChI is InChI=1S/C15H16N2O/c16-10-15-14-3-1-2-12(13(14)6-9-18-15)11-4-7-17-8-5-11/h1-5,7-8,15H,6,9-10,16H2/t15-/m1/s1. The highest BCUT2D eigenvalue weighted by atomic mass is 16.5. The van der Waals surface area contributed by atoms with Crippen molar-refractivity contribution in [2.75, 3.05) is 13.2 Å². The number of aromatic nitrogens is 1. The zero-order valence-electron chi connectivity index (χ0n) is 10.2. The molecule has 2 N–H and O–H groups in total. The summed E-state index contributed by atoms with van der Waals surface area (Å²) >= 11 is 0. The van der Waals surface area contributed by atoms with Gasteiger partial charge in [-0.25, -0.2) is 0 Å². The largest absolute Gasteiger partial charge is 0.372 e. The highest BCUT2D eigenvalue weighted by Crippen LogP contribution is 2.33. The summed E-state index contributed by atoms with van der Waals surface area (Å²) in [5.74, 6) is 0. The average molecular weight is 240 g/mol. The number of pyridine rings is 1. The fourth-order valence-electron chi connectivity index (χ4n) is 2.58. The Labute approximate surface area is 107 Å². The zero-order chi connectivity index (χ0) is 12.4. The first-order valence-electron chi connectivity index (χ1n) is 6.24. The van der Waals surface area contributed by atoms with E-state index in [4.69, 9.17) is 10.5 Å². The highest BCUT2D eigenvalue weighted by molar-refractivity contribution is 5.69. The van der Waals surface area contributed by atoms with Crippen LogP contribution in [0.4, 0.5) is 0 Å². The molecule has 1 aliphatic rings. The van der Waals surface area contributed by atoms with E-state index in [-0.39, 0.29) is 6.10 Å². The van der Waals surface area contributed by atoms with Gasteiger partial charge in [-0.2, -0.15) is 0 Å². The predicted octanol–water partition coefficient (Wildman–Crippen LogP) is 2.32. The molecule has 1 aromatic heterocycles. The SMILES string of the molecule is NC[C@H]1OCCc2c(-c3ccncc3)cccc21. The van der Waals surface area contributed by atoms with Crippen molar-refractivity contribution < 1.29 is 4.74 Å². The lowest BCUT2D eigenvalue weighted by Crippen LogP contribution is -2.23. The third-order valence-corrected chi connectivity index (χ3v) is 3.44. The first-order valence-corrected chi connectivity index (χ1v) is 6.24. The summed E-state index contributed by atoms with van der Waals surface area (Å²) in [7, 11) is 0. The molecule has 0 fully saturated rings. The molecule has 92 valence electrons. The van der Waals surface area contributed by atoms with Crippen LogP contribution in [-0.2, 0) is 11.2 Å². The van der Waals surface area contributed by atoms with Crippen molar-refractivity contribution >= 4 is 0 Å². The van der Waals surface area contributed by atoms with Gasteiger partial charge in [0, 0.05) is 18.9 Å². The summed E-state index contributed by atoms with van der Waals surface area (Å²) in [6.45, 7) is 1.28. The quantitative estimate of drug-likeness (QED) is 0.876. The maximum Gasteiger partial charge on any atom is 0.0950 e. The lowest BCUT2D eigenvalue weighted by Gasteiger charge is -2.27. The molecule has 0 bridgehead atoms. The molecule has 3 rings (SSSR count). The first kappa shape index (κ1) is 11.4. The first-order chi connectivity index (χ1) is 8.90. The monoisotopic (exact) mass is 240 g/mol. The number of hydrogen-bond acceptors (Lipinski definition) is 3. The molecule has 2 heterocycles. The minimum atomic E-state index is 0.0375. The van der Waals surface area contributed by atoms with Crippen LogP contribution < -0.4 is 5.73 Å². The van der Waals surface area contributed by atoms with Gasteiger partial charge < -0.3 is 10.5 Å². The van der Waals surface area contributed by atoms with Gasteiger partial charge in [-0.1, -0.05) is 18.2 Å². The number of benzene rings is 1. The predicted molar refractivity (Wildman–Crippen MR) is 71.1 cm³/mol. The topological polar surface area (TPSA) is 48.1 Å². The second kappa shape index (κ2) is 4.88. The highest BCUT2D eigenvalue weighted by Gasteiger charge is 2.21. The van der Waals surface area contributed by atoms with Crippen LogP contribution in [0.25, 0.3) is 11.1 Å². The Morgan fingerprint density at radius 3 is 2.83 bits per heavy atom. The van der Waals surface area contributed by atoms with E-state index in [1.165, 1.54) is 22.3 Å². The summed E-state index contributed by atoms with van der Waals surface area (Å²) in [6, 6.07) is 10.4. The zero-order valence-corrected chi connectivity index (χ0v) is 10.2. The molecule has 3 heteroatoms. The van der Waals surface area contributed by atoms with Crippen LogP contribution in [0.5, 0.6) is 0 Å². The summed E-state index contributed by atoms with van der Waals surface area (Å²) in [4.78, 5) is 4.07. The number of ether oxygens (including phenoxy) is 1. The molecule has 2 aromatic rings. The fraction of sp³-hybridized carbons (Fsp3) is 0.267. The fourth-order valence-corrected chi connectivity index (χ4v) is 2.58. The molecule has 1 aromatic carbocycles. The Hall–Kier alpha value is -1.71. The molecule has 18 heavy (non-hydrogen) atoms. The lowest BCUT2D eigenvalue weighted by atomic mass is 9.90. The van der Waals surface area contributed by atoms with Gasteiger partial charge in [-0.05, 0) is 40.8 Å². The molecule has 0 unspecified atom stereocenters. The summed E-state index contributed by atoms with van der Waals surface area (Å²) in [6.07, 6.45) is 4.64. The van der Waals surface area contributed by atoms with E-state index in [2.05, 4.69) is 23.2 Å². The Balaban J connectivity index is 2.12. The van der Waals surface area contributed by atoms with E-state index < -0.39 is 0 Å². The molecule has 0 spiro atoms. The van der Waals surface area contributed by atoms with Crippen LogP contribution in [0.2, 0.25) is 0 Å². The van der Waals surface area contributed by atoms with Gasteiger partial charge in [0.25, 0.3) is 0 Å². The van der Waals surface area contributed by atoms with Crippen LogP contribution in [0.1, 0.15) is 17.2 Å². The van der Waals surface area contributed by atoms with Crippen LogP contribution in [0.3, 0.4) is 0 Å². The van der Waals surface area contributed by atoms with E-state index in [1.807, 2.05) is 24.5 Å². The van der Waals surface area contributed by atoms with E-state index in [0.717, 1.165) is 13.0 Å². The van der Waals surface area contributed by atoms with Crippen LogP contribution >= 0.6 is 0 Å². The maximum atomic E-state index is 5.77. The van der Waals surface area contributed by atoms with Crippen molar-refractivity contribution in [3.8, 4) is 11.1 Å². The Kier molecular flexibility index (Phi) is 3.09. The van der Waals surface area contributed by atoms with Crippen molar-refractivity contribution in [3.63, 3.8) is 0 Å². The molecule has 0 radical (unpaired) electrons. The number of nitrogens with two attached hydrogens (primary N) is 1. The second-order valence-electron chi connectivity index (χ2n) is 4.45. The molecule has 0 saturated heterocycles. The summed E-state index contributed by atoms with van der Waals surface area (Å²) in [5, 5.41) is 0. The van der Waals surface area contributed by atoms with Crippen LogP contribution in [0.15, 0.2) is 42.7 Å². The molecule has 3 nitrogen and oxygen atoms in total. The number of nitrogens with zero attached hydrogens (tertiary/aromatic N) is 1. The smallest absolute Gasteiger partial charge is 0.0950 e. The molecular formula is C15H16N2O. The Bertz CT molecular complexity index is 539. The maximum absolute atomic E-state index is 5.77. The van der Waals surface area contributed by atoms with Crippen LogP contribution in [-0.4, -0.2) is 18.1 Å². The Morgan fingerprint density at radius 2 is 2.06 bits per heavy atom. The molecule has 0 saturated carbocycles. The lowest BCUT2D eigenvalue weighted by molar-refractivity contribution is 0.0486. The normalized spacial score (nSPS) is 18.4. The van der Waals surface area contributed by atoms with Gasteiger partial charge in [-0.3, -0.25) is 4.98 Å². The van der Waals surface area contributed by atoms with Crippen molar-refractivity contribution in [2.24, 2.45) is 5.73 Å². The summed E-state index contributed by atoms with van der Waals surface area (Å²) < 4.78 is 5.71. The van der Waals surface area contributed by atoms with E-state index >= 15 is 0 Å². The minimum Gasteiger partial charge on any atom is -0.372 e. The van der Waals surface area contributed by atoms with E-state index in [0.29, 0.717) is 6.54 Å². The van der Waals surface area contributed by atoms with Gasteiger partial charge in [0.2, 0.25) is 0 Å². The van der Waals surface area contributed by atoms with Gasteiger partial charge in [0.15, 0.2) is 0 Å². The number of hydrogen-bond donors (Lipinski definition) is 1. The van der Waals surface area contributed by atoms with Gasteiger partial charge in [0.1, 0.15) is 0 Å². The molecule has 0 aliphatic carbocycles. The number of rotatable bonds is 2. The molecule has 1 aliphatic heterocycles. The molecule has 1 atom stereocenters. The van der Waals surface area contributed by atoms with E-state index in [9.17, 15) is 0 Å². The third kappa shape index (κ3) is 1.92. The van der Waals surface area contributed by atoms with Gasteiger partial charge >= 0.3 is 0 Å². The minimum absolute atomic E-state index is 0.0375. The van der Waals surface area contributed by atoms with E-state index in [1.54, 1.807) is 0 Å². The van der Waals surface area contributed by atoms with Crippen molar-refractivity contribution in [1.29, 1.82) is 0 Å². The van der Waals surface area contributed by atoms with Crippen molar-refractivity contribution in [2.45, 2.75) is 12.5 Å². The molecular weight excluding hydrogens is 224 g/mol. The van der Waals surface area contributed by atoms with Crippen molar-refractivity contribution in [1.82, 2.24) is 4.98 Å². The number of fused-ring (bicyclic) bond motifs is 1. The second-order valence-corrected chi connectivity index (χ2v) is 4.45. The van der Waals surface area contributed by atoms with Crippen molar-refractivity contribution in [3.05, 3.63) is 53.9 Å². The summed E-state index contributed by atoms with van der Waals surface area (Å²) in [5.41, 5.74) is 10.9. The van der Waals surface area contributed by atoms with Gasteiger partial charge in [0.05, 0.1) is 12.7 Å². The Morgan fingerprint density at radius 1 is 1.22 bits per heavy atom. The van der Waals surface area contributed by atoms with Crippen LogP contribution in [0, 0.1) is 0 Å². The molecule has 0 amide bonds. The average Bonchev–Trinajstić information content (AvgIpc) is 2.47.